The van der Waals surface area contributed by atoms with E-state index in [1.165, 1.54) is 25.3 Å². The first-order valence-electron chi connectivity index (χ1n) is 6.51. The molecule has 0 spiro atoms. The molecule has 1 aromatic carbocycles. The van der Waals surface area contributed by atoms with E-state index >= 15 is 0 Å². The standard InChI is InChI=1S/C13H14Cl3NO3S/c14-10-7-11(15)12(21(16,19)20)6-9(10)13(18)17-5-4-8-2-1-3-8/h6-8H,1-5H2,(H,17,18). The molecular weight excluding hydrogens is 357 g/mol. The molecule has 2 rings (SSSR count). The van der Waals surface area contributed by atoms with Crippen molar-refractivity contribution in [1.29, 1.82) is 0 Å². The molecule has 1 amide bonds. The van der Waals surface area contributed by atoms with Crippen LogP contribution in [-0.2, 0) is 9.05 Å². The van der Waals surface area contributed by atoms with Gasteiger partial charge in [-0.05, 0) is 24.5 Å². The van der Waals surface area contributed by atoms with Gasteiger partial charge in [-0.3, -0.25) is 4.79 Å². The molecule has 4 nitrogen and oxygen atoms in total. The predicted molar refractivity (Wildman–Crippen MR) is 83.8 cm³/mol. The number of carbonyl (C=O) groups excluding carboxylic acids is 1. The molecule has 0 heterocycles. The van der Waals surface area contributed by atoms with Gasteiger partial charge in [-0.25, -0.2) is 8.42 Å². The monoisotopic (exact) mass is 369 g/mol. The molecule has 0 bridgehead atoms. The highest BCUT2D eigenvalue weighted by Crippen LogP contribution is 2.31. The summed E-state index contributed by atoms with van der Waals surface area (Å²) in [5, 5.41) is 2.71. The van der Waals surface area contributed by atoms with Crippen molar-refractivity contribution in [2.24, 2.45) is 5.92 Å². The summed E-state index contributed by atoms with van der Waals surface area (Å²) in [5.74, 6) is 0.238. The van der Waals surface area contributed by atoms with Crippen LogP contribution < -0.4 is 5.32 Å². The van der Waals surface area contributed by atoms with E-state index in [0.717, 1.165) is 12.5 Å². The van der Waals surface area contributed by atoms with Crippen LogP contribution in [0.2, 0.25) is 10.0 Å². The number of nitrogens with one attached hydrogen (secondary N) is 1. The fourth-order valence-corrected chi connectivity index (χ4v) is 3.98. The second-order valence-electron chi connectivity index (χ2n) is 5.04. The zero-order valence-electron chi connectivity index (χ0n) is 11.0. The highest BCUT2D eigenvalue weighted by Gasteiger charge is 2.21. The molecule has 0 aromatic heterocycles. The largest absolute Gasteiger partial charge is 0.352 e. The summed E-state index contributed by atoms with van der Waals surface area (Å²) >= 11 is 11.7. The molecule has 1 aliphatic rings. The van der Waals surface area contributed by atoms with E-state index in [0.29, 0.717) is 12.5 Å². The summed E-state index contributed by atoms with van der Waals surface area (Å²) in [7, 11) is 1.24. The van der Waals surface area contributed by atoms with Gasteiger partial charge in [0.15, 0.2) is 0 Å². The first kappa shape index (κ1) is 16.9. The summed E-state index contributed by atoms with van der Waals surface area (Å²) < 4.78 is 22.8. The van der Waals surface area contributed by atoms with Crippen LogP contribution in [0.1, 0.15) is 36.0 Å². The maximum atomic E-state index is 12.1. The van der Waals surface area contributed by atoms with Crippen molar-refractivity contribution in [3.8, 4) is 0 Å². The zero-order valence-corrected chi connectivity index (χ0v) is 14.1. The normalized spacial score (nSPS) is 15.6. The second kappa shape index (κ2) is 6.73. The fourth-order valence-electron chi connectivity index (χ4n) is 2.16. The molecule has 8 heteroatoms. The van der Waals surface area contributed by atoms with Gasteiger partial charge in [0.25, 0.3) is 15.0 Å². The number of hydrogen-bond donors (Lipinski definition) is 1. The number of amides is 1. The smallest absolute Gasteiger partial charge is 0.262 e. The Hall–Kier alpha value is -0.490. The van der Waals surface area contributed by atoms with Gasteiger partial charge in [0, 0.05) is 17.2 Å². The number of benzene rings is 1. The summed E-state index contributed by atoms with van der Waals surface area (Å²) in [6, 6.07) is 2.31. The van der Waals surface area contributed by atoms with Crippen molar-refractivity contribution in [3.63, 3.8) is 0 Å². The molecule has 1 fully saturated rings. The number of rotatable bonds is 5. The summed E-state index contributed by atoms with van der Waals surface area (Å²) in [4.78, 5) is 11.7. The zero-order chi connectivity index (χ0) is 15.6. The van der Waals surface area contributed by atoms with Gasteiger partial charge in [-0.15, -0.1) is 0 Å². The molecule has 21 heavy (non-hydrogen) atoms. The van der Waals surface area contributed by atoms with Gasteiger partial charge >= 0.3 is 0 Å². The summed E-state index contributed by atoms with van der Waals surface area (Å²) in [6.45, 7) is 0.533. The van der Waals surface area contributed by atoms with Crippen LogP contribution in [-0.4, -0.2) is 20.9 Å². The van der Waals surface area contributed by atoms with Gasteiger partial charge in [-0.2, -0.15) is 0 Å². The summed E-state index contributed by atoms with van der Waals surface area (Å²) in [5.41, 5.74) is 0.0499. The lowest BCUT2D eigenvalue weighted by atomic mass is 9.83. The van der Waals surface area contributed by atoms with Crippen molar-refractivity contribution in [3.05, 3.63) is 27.7 Å². The molecule has 0 atom stereocenters. The van der Waals surface area contributed by atoms with Crippen molar-refractivity contribution in [2.45, 2.75) is 30.6 Å². The first-order chi connectivity index (χ1) is 9.79. The quantitative estimate of drug-likeness (QED) is 0.801. The van der Waals surface area contributed by atoms with Gasteiger partial charge in [0.2, 0.25) is 0 Å². The van der Waals surface area contributed by atoms with Gasteiger partial charge < -0.3 is 5.32 Å². The van der Waals surface area contributed by atoms with E-state index < -0.39 is 15.0 Å². The summed E-state index contributed by atoms with van der Waals surface area (Å²) in [6.07, 6.45) is 4.56. The minimum absolute atomic E-state index is 0.0499. The Labute approximate surface area is 138 Å². The minimum atomic E-state index is -4.03. The molecule has 0 radical (unpaired) electrons. The first-order valence-corrected chi connectivity index (χ1v) is 9.57. The van der Waals surface area contributed by atoms with Crippen LogP contribution in [0.4, 0.5) is 0 Å². The Morgan fingerprint density at radius 3 is 2.43 bits per heavy atom. The minimum Gasteiger partial charge on any atom is -0.352 e. The molecule has 0 unspecified atom stereocenters. The van der Waals surface area contributed by atoms with Crippen LogP contribution >= 0.6 is 33.9 Å². The highest BCUT2D eigenvalue weighted by atomic mass is 35.7. The molecule has 0 aliphatic heterocycles. The van der Waals surface area contributed by atoms with Crippen LogP contribution in [0.25, 0.3) is 0 Å². The number of carbonyl (C=O) groups is 1. The van der Waals surface area contributed by atoms with E-state index in [2.05, 4.69) is 5.32 Å². The lowest BCUT2D eigenvalue weighted by Gasteiger charge is -2.25. The maximum Gasteiger partial charge on any atom is 0.262 e. The Balaban J connectivity index is 2.12. The van der Waals surface area contributed by atoms with Crippen LogP contribution in [0.5, 0.6) is 0 Å². The van der Waals surface area contributed by atoms with Crippen molar-refractivity contribution in [2.75, 3.05) is 6.54 Å². The Morgan fingerprint density at radius 1 is 1.24 bits per heavy atom. The third-order valence-corrected chi connectivity index (χ3v) is 5.69. The van der Waals surface area contributed by atoms with Crippen molar-refractivity contribution < 1.29 is 13.2 Å². The van der Waals surface area contributed by atoms with Gasteiger partial charge in [-0.1, -0.05) is 42.5 Å². The topological polar surface area (TPSA) is 63.2 Å². The van der Waals surface area contributed by atoms with E-state index in [4.69, 9.17) is 33.9 Å². The number of hydrogen-bond acceptors (Lipinski definition) is 3. The molecular formula is C13H14Cl3NO3S. The lowest BCUT2D eigenvalue weighted by Crippen LogP contribution is -2.27. The molecule has 1 aliphatic carbocycles. The van der Waals surface area contributed by atoms with Crippen molar-refractivity contribution in [1.82, 2.24) is 5.32 Å². The van der Waals surface area contributed by atoms with E-state index in [1.807, 2.05) is 0 Å². The molecule has 1 N–H and O–H groups in total. The van der Waals surface area contributed by atoms with E-state index in [9.17, 15) is 13.2 Å². The molecule has 1 saturated carbocycles. The number of halogens is 3. The third-order valence-electron chi connectivity index (χ3n) is 3.59. The van der Waals surface area contributed by atoms with E-state index in [-0.39, 0.29) is 20.5 Å². The average Bonchev–Trinajstić information content (AvgIpc) is 2.30. The van der Waals surface area contributed by atoms with Gasteiger partial charge in [0.1, 0.15) is 4.90 Å². The molecule has 0 saturated heterocycles. The molecule has 1 aromatic rings. The SMILES string of the molecule is O=C(NCCC1CCC1)c1cc(S(=O)(=O)Cl)c(Cl)cc1Cl. The third kappa shape index (κ3) is 4.25. The van der Waals surface area contributed by atoms with Crippen LogP contribution in [0, 0.1) is 5.92 Å². The molecule has 116 valence electrons. The Morgan fingerprint density at radius 2 is 1.90 bits per heavy atom. The lowest BCUT2D eigenvalue weighted by molar-refractivity contribution is 0.0949. The van der Waals surface area contributed by atoms with Crippen LogP contribution in [0.15, 0.2) is 17.0 Å². The Kier molecular flexibility index (Phi) is 5.41. The second-order valence-corrected chi connectivity index (χ2v) is 8.39. The highest BCUT2D eigenvalue weighted by molar-refractivity contribution is 8.13. The maximum absolute atomic E-state index is 12.1. The average molecular weight is 371 g/mol. The van der Waals surface area contributed by atoms with Crippen LogP contribution in [0.3, 0.4) is 0 Å². The van der Waals surface area contributed by atoms with Crippen molar-refractivity contribution >= 4 is 48.8 Å². The van der Waals surface area contributed by atoms with Gasteiger partial charge in [0.05, 0.1) is 15.6 Å². The Bertz CT molecular complexity index is 657. The van der Waals surface area contributed by atoms with E-state index in [1.54, 1.807) is 0 Å². The fraction of sp³-hybridized carbons (Fsp3) is 0.462. The predicted octanol–water partition coefficient (Wildman–Crippen LogP) is 3.84.